The second-order valence-electron chi connectivity index (χ2n) is 10.9. The molecule has 4 aromatic carbocycles. The minimum absolute atomic E-state index is 0.00533. The van der Waals surface area contributed by atoms with Gasteiger partial charge in [0.1, 0.15) is 6.50 Å². The molecule has 6 nitrogen and oxygen atoms in total. The molecule has 0 N–H and O–H groups in total. The van der Waals surface area contributed by atoms with Crippen LogP contribution >= 0.6 is 11.8 Å². The Morgan fingerprint density at radius 3 is 2.38 bits per heavy atom. The average Bonchev–Trinajstić information content (AvgIpc) is 3.30. The molecular weight excluding hydrogens is 710 g/mol. The van der Waals surface area contributed by atoms with Crippen molar-refractivity contribution < 1.29 is 60.3 Å². The number of carbonyl (C=O) groups is 1. The lowest BCUT2D eigenvalue weighted by Gasteiger charge is -2.39. The van der Waals surface area contributed by atoms with E-state index < -0.39 is 165 Å². The lowest BCUT2D eigenvalue weighted by Crippen LogP contribution is -2.48. The van der Waals surface area contributed by atoms with E-state index in [4.69, 9.17) is 16.4 Å². The standard InChI is InChI=1S/C41H40F5N3O3S/c1-27-6-15-34-36(22-27)49(39(23-37(34)50)53-26-31-4-3-5-35(42)40(31)43)25-38(51)48(33-16-18-47(19-17-33)20-21-52-2)24-28-7-9-29(10-8-28)30-11-13-32(14-12-30)41(44,45)46/h3-15,22-23,33H,16-21,24-26H2,1-2H3/i6D,15D,16D2,17D2,18D2,19D2,20D2,21D2,22D,23D,24D2,25D2,33D. The molecule has 53 heavy (non-hydrogen) atoms. The minimum atomic E-state index is -4.95. The van der Waals surface area contributed by atoms with E-state index in [-0.39, 0.29) is 27.5 Å². The van der Waals surface area contributed by atoms with Crippen molar-refractivity contribution in [1.82, 2.24) is 14.4 Å². The molecule has 0 bridgehead atoms. The number of aromatic nitrogens is 1. The summed E-state index contributed by atoms with van der Waals surface area (Å²) < 4.78 is 264. The summed E-state index contributed by atoms with van der Waals surface area (Å²) in [5, 5.41) is -2.24. The topological polar surface area (TPSA) is 54.8 Å². The van der Waals surface area contributed by atoms with Gasteiger partial charge in [-0.1, -0.05) is 54.6 Å². The van der Waals surface area contributed by atoms with Crippen LogP contribution in [-0.2, 0) is 34.5 Å². The summed E-state index contributed by atoms with van der Waals surface area (Å²) >= 11 is 0.106. The van der Waals surface area contributed by atoms with E-state index >= 15 is 9.18 Å². The number of thioether (sulfide) groups is 1. The summed E-state index contributed by atoms with van der Waals surface area (Å²) in [6.07, 6.45) is -14.4. The number of rotatable bonds is 12. The van der Waals surface area contributed by atoms with Gasteiger partial charge in [0.05, 0.1) is 37.7 Å². The fraction of sp³-hybridized carbons (Fsp3) is 0.317. The molecule has 278 valence electrons. The first kappa shape index (κ1) is 19.7. The van der Waals surface area contributed by atoms with Gasteiger partial charge in [0.2, 0.25) is 5.91 Å². The summed E-state index contributed by atoms with van der Waals surface area (Å²) in [6.45, 7) is -25.1. The molecule has 12 heteroatoms. The second kappa shape index (κ2) is 16.7. The summed E-state index contributed by atoms with van der Waals surface area (Å²) in [5.41, 5.74) is -5.71. The maximum atomic E-state index is 15.8. The van der Waals surface area contributed by atoms with Crippen molar-refractivity contribution in [3.8, 4) is 11.1 Å². The van der Waals surface area contributed by atoms with E-state index in [2.05, 4.69) is 4.74 Å². The van der Waals surface area contributed by atoms with Gasteiger partial charge in [0.15, 0.2) is 17.1 Å². The predicted octanol–water partition coefficient (Wildman–Crippen LogP) is 8.71. The number of piperidine rings is 1. The smallest absolute Gasteiger partial charge is 0.383 e. The van der Waals surface area contributed by atoms with Crippen molar-refractivity contribution in [3.05, 3.63) is 135 Å². The molecule has 0 saturated carbocycles. The van der Waals surface area contributed by atoms with Crippen molar-refractivity contribution in [2.45, 2.75) is 55.6 Å². The first-order valence-electron chi connectivity index (χ1n) is 25.7. The van der Waals surface area contributed by atoms with Crippen LogP contribution in [0.15, 0.2) is 101 Å². The molecule has 0 spiro atoms. The fourth-order valence-electron chi connectivity index (χ4n) is 4.76. The van der Waals surface area contributed by atoms with E-state index in [1.807, 2.05) is 0 Å². The van der Waals surface area contributed by atoms with Crippen LogP contribution in [0.2, 0.25) is 0 Å². The van der Waals surface area contributed by atoms with Crippen LogP contribution in [0.25, 0.3) is 22.0 Å². The van der Waals surface area contributed by atoms with Gasteiger partial charge in [-0.25, -0.2) is 8.78 Å². The highest BCUT2D eigenvalue weighted by Gasteiger charge is 2.31. The zero-order valence-electron chi connectivity index (χ0n) is 48.4. The Labute approximate surface area is 338 Å². The number of ether oxygens (including phenoxy) is 1. The third kappa shape index (κ3) is 9.17. The zero-order chi connectivity index (χ0) is 56.4. The van der Waals surface area contributed by atoms with E-state index in [1.165, 1.54) is 0 Å². The summed E-state index contributed by atoms with van der Waals surface area (Å²) in [4.78, 5) is 28.0. The van der Waals surface area contributed by atoms with Gasteiger partial charge in [-0.3, -0.25) is 9.59 Å². The number of pyridine rings is 1. The number of methoxy groups -OCH3 is 1. The first-order valence-corrected chi connectivity index (χ1v) is 16.2. The maximum absolute atomic E-state index is 15.8. The quantitative estimate of drug-likeness (QED) is 0.0940. The Morgan fingerprint density at radius 2 is 1.72 bits per heavy atom. The highest BCUT2D eigenvalue weighted by molar-refractivity contribution is 7.98. The molecule has 1 aliphatic rings. The molecule has 1 aliphatic heterocycles. The lowest BCUT2D eigenvalue weighted by molar-refractivity contribution is -0.137. The lowest BCUT2D eigenvalue weighted by atomic mass is 10.00. The molecule has 0 aliphatic carbocycles. The summed E-state index contributed by atoms with van der Waals surface area (Å²) in [7, 11) is 0.521. The Hall–Kier alpha value is -4.52. The molecule has 2 heterocycles. The highest BCUT2D eigenvalue weighted by atomic mass is 32.2. The van der Waals surface area contributed by atoms with Gasteiger partial charge in [-0.05, 0) is 72.2 Å². The molecule has 6 rings (SSSR count). The third-order valence-corrected chi connectivity index (χ3v) is 8.34. The first-order chi connectivity index (χ1) is 33.5. The number of fused-ring (bicyclic) bond motifs is 1. The number of hydrogen-bond acceptors (Lipinski definition) is 5. The van der Waals surface area contributed by atoms with E-state index in [0.717, 1.165) is 55.5 Å². The number of hydrogen-bond donors (Lipinski definition) is 0. The van der Waals surface area contributed by atoms with Crippen LogP contribution in [0.3, 0.4) is 0 Å². The third-order valence-electron chi connectivity index (χ3n) is 7.33. The number of carbonyl (C=O) groups excluding carboxylic acids is 1. The van der Waals surface area contributed by atoms with Gasteiger partial charge < -0.3 is 19.1 Å². The van der Waals surface area contributed by atoms with E-state index in [9.17, 15) is 34.7 Å². The number of halogens is 5. The van der Waals surface area contributed by atoms with Crippen LogP contribution in [0.4, 0.5) is 22.0 Å². The Morgan fingerprint density at radius 1 is 1.04 bits per heavy atom. The van der Waals surface area contributed by atoms with Crippen molar-refractivity contribution in [3.63, 3.8) is 0 Å². The number of likely N-dealkylation sites (tertiary alicyclic amines) is 1. The van der Waals surface area contributed by atoms with Gasteiger partial charge >= 0.3 is 6.18 Å². The molecule has 0 radical (unpaired) electrons. The van der Waals surface area contributed by atoms with Crippen molar-refractivity contribution >= 4 is 28.6 Å². The zero-order valence-corrected chi connectivity index (χ0v) is 28.2. The number of alkyl halides is 3. The normalized spacial score (nSPS) is 25.5. The largest absolute Gasteiger partial charge is 0.416 e. The fourth-order valence-corrected chi connectivity index (χ4v) is 5.70. The van der Waals surface area contributed by atoms with Gasteiger partial charge in [0.25, 0.3) is 0 Å². The highest BCUT2D eigenvalue weighted by Crippen LogP contribution is 2.32. The summed E-state index contributed by atoms with van der Waals surface area (Å²) in [5.74, 6) is -6.48. The molecule has 0 atom stereocenters. The van der Waals surface area contributed by atoms with Crippen LogP contribution in [0, 0.1) is 18.6 Å². The second-order valence-corrected chi connectivity index (χ2v) is 11.9. The van der Waals surface area contributed by atoms with Crippen LogP contribution in [-0.4, -0.2) is 59.5 Å². The van der Waals surface area contributed by atoms with Crippen molar-refractivity contribution in [2.75, 3.05) is 33.2 Å². The van der Waals surface area contributed by atoms with E-state index in [0.29, 0.717) is 25.3 Å². The number of amides is 1. The molecule has 1 amide bonds. The number of benzene rings is 4. The summed E-state index contributed by atoms with van der Waals surface area (Å²) in [6, 6.07) is 0.301. The molecule has 5 aromatic rings. The molecule has 0 unspecified atom stereocenters. The molecule has 1 saturated heterocycles. The molecule has 1 aromatic heterocycles. The van der Waals surface area contributed by atoms with Crippen LogP contribution < -0.4 is 5.43 Å². The molecule has 1 fully saturated rings. The number of nitrogens with zero attached hydrogens (tertiary/aromatic N) is 3. The monoisotopic (exact) mass is 770 g/mol. The van der Waals surface area contributed by atoms with Gasteiger partial charge in [-0.2, -0.15) is 13.2 Å². The Balaban J connectivity index is 1.74. The minimum Gasteiger partial charge on any atom is -0.383 e. The Kier molecular flexibility index (Phi) is 6.19. The van der Waals surface area contributed by atoms with Gasteiger partial charge in [-0.15, -0.1) is 11.8 Å². The Bertz CT molecular complexity index is 3100. The average molecular weight is 771 g/mol. The van der Waals surface area contributed by atoms with Crippen molar-refractivity contribution in [2.24, 2.45) is 0 Å². The van der Waals surface area contributed by atoms with Crippen LogP contribution in [0.1, 0.15) is 63.8 Å². The molecular formula is C41H40F5N3O3S. The van der Waals surface area contributed by atoms with Crippen LogP contribution in [0.5, 0.6) is 0 Å². The van der Waals surface area contributed by atoms with Gasteiger partial charge in [0, 0.05) is 75.6 Å². The SMILES string of the molecule is [2H]c1c(C)c([2H])c2c(c1[2H])c(=O)c([2H])c(SCc1cccc(F)c1F)n2C([2H])([2H])C(=O)N(C([2H])([2H])c1ccc(-c2ccc(C(F)(F)F)cc2)cc1)C1([2H])C([2H])([2H])C([2H])([2H])N(C([2H])([2H])C([2H])([2H])OC)C([2H])([2H])C1([2H])[2H]. The van der Waals surface area contributed by atoms with Crippen molar-refractivity contribution in [1.29, 1.82) is 0 Å². The maximum Gasteiger partial charge on any atom is 0.416 e. The van der Waals surface area contributed by atoms with E-state index in [1.54, 1.807) is 0 Å². The predicted molar refractivity (Wildman–Crippen MR) is 198 cm³/mol.